The fourth-order valence-electron chi connectivity index (χ4n) is 2.20. The fraction of sp³-hybridized carbons (Fsp3) is 0.429. The number of methoxy groups -OCH3 is 1. The van der Waals surface area contributed by atoms with Gasteiger partial charge >= 0.3 is 5.97 Å². The average molecular weight is 333 g/mol. The molecular formula is C14H18Cl2N2O3. The number of carbonyl (C=O) groups excluding carboxylic acids is 2. The highest BCUT2D eigenvalue weighted by atomic mass is 35.5. The molecule has 7 heteroatoms. The van der Waals surface area contributed by atoms with Crippen LogP contribution in [-0.4, -0.2) is 32.1 Å². The number of rotatable bonds is 3. The topological polar surface area (TPSA) is 67.4 Å². The Balaban J connectivity index is 0.00000220. The molecule has 1 aliphatic rings. The normalized spacial score (nSPS) is 15.0. The van der Waals surface area contributed by atoms with Gasteiger partial charge in [0.25, 0.3) is 0 Å². The highest BCUT2D eigenvalue weighted by Gasteiger charge is 2.21. The zero-order valence-corrected chi connectivity index (χ0v) is 13.2. The van der Waals surface area contributed by atoms with Gasteiger partial charge in [-0.1, -0.05) is 11.6 Å². The summed E-state index contributed by atoms with van der Waals surface area (Å²) in [6, 6.07) is 4.76. The van der Waals surface area contributed by atoms with Crippen LogP contribution in [0.15, 0.2) is 18.2 Å². The van der Waals surface area contributed by atoms with E-state index in [-0.39, 0.29) is 34.8 Å². The average Bonchev–Trinajstić information content (AvgIpc) is 2.47. The Bertz CT molecular complexity index is 517. The summed E-state index contributed by atoms with van der Waals surface area (Å²) in [7, 11) is 1.30. The highest BCUT2D eigenvalue weighted by Crippen LogP contribution is 2.23. The molecule has 0 saturated carbocycles. The number of hydrogen-bond donors (Lipinski definition) is 2. The molecule has 2 rings (SSSR count). The van der Waals surface area contributed by atoms with Gasteiger partial charge in [-0.15, -0.1) is 12.4 Å². The van der Waals surface area contributed by atoms with Crippen LogP contribution >= 0.6 is 24.0 Å². The van der Waals surface area contributed by atoms with E-state index in [4.69, 9.17) is 11.6 Å². The number of piperidine rings is 1. The number of esters is 1. The second kappa shape index (κ2) is 8.22. The van der Waals surface area contributed by atoms with Crippen molar-refractivity contribution >= 4 is 41.6 Å². The molecule has 0 atom stereocenters. The Morgan fingerprint density at radius 1 is 1.33 bits per heavy atom. The van der Waals surface area contributed by atoms with Crippen LogP contribution in [0, 0.1) is 5.92 Å². The van der Waals surface area contributed by atoms with E-state index in [2.05, 4.69) is 15.4 Å². The molecule has 0 aromatic heterocycles. The predicted molar refractivity (Wildman–Crippen MR) is 84.3 cm³/mol. The standard InChI is InChI=1S/C14H17ClN2O3.ClH/c1-20-14(19)11-3-2-10(8-12(11)15)17-13(18)9-4-6-16-7-5-9;/h2-3,8-9,16H,4-7H2,1H3,(H,17,18);1H. The number of hydrogen-bond acceptors (Lipinski definition) is 4. The summed E-state index contributed by atoms with van der Waals surface area (Å²) < 4.78 is 4.62. The second-order valence-corrected chi connectivity index (χ2v) is 5.11. The third-order valence-electron chi connectivity index (χ3n) is 3.35. The molecule has 2 N–H and O–H groups in total. The van der Waals surface area contributed by atoms with Crippen LogP contribution in [0.1, 0.15) is 23.2 Å². The summed E-state index contributed by atoms with van der Waals surface area (Å²) in [6.07, 6.45) is 1.67. The smallest absolute Gasteiger partial charge is 0.339 e. The molecule has 1 aromatic rings. The van der Waals surface area contributed by atoms with E-state index in [0.717, 1.165) is 25.9 Å². The first kappa shape index (κ1) is 17.8. The lowest BCUT2D eigenvalue weighted by Gasteiger charge is -2.21. The van der Waals surface area contributed by atoms with Crippen molar-refractivity contribution in [2.45, 2.75) is 12.8 Å². The molecule has 0 spiro atoms. The maximum atomic E-state index is 12.1. The van der Waals surface area contributed by atoms with E-state index in [1.165, 1.54) is 7.11 Å². The lowest BCUT2D eigenvalue weighted by Crippen LogP contribution is -2.34. The van der Waals surface area contributed by atoms with Gasteiger partial charge in [-0.3, -0.25) is 4.79 Å². The van der Waals surface area contributed by atoms with Crippen molar-refractivity contribution in [3.8, 4) is 0 Å². The number of halogens is 2. The minimum atomic E-state index is -0.494. The number of ether oxygens (including phenoxy) is 1. The summed E-state index contributed by atoms with van der Waals surface area (Å²) in [6.45, 7) is 1.72. The monoisotopic (exact) mass is 332 g/mol. The molecule has 0 aliphatic carbocycles. The number of amides is 1. The van der Waals surface area contributed by atoms with Gasteiger partial charge in [0, 0.05) is 11.6 Å². The molecule has 116 valence electrons. The van der Waals surface area contributed by atoms with Crippen LogP contribution < -0.4 is 10.6 Å². The van der Waals surface area contributed by atoms with Gasteiger partial charge in [-0.25, -0.2) is 4.79 Å². The first-order valence-electron chi connectivity index (χ1n) is 6.51. The first-order valence-corrected chi connectivity index (χ1v) is 6.89. The molecule has 0 radical (unpaired) electrons. The molecule has 1 aliphatic heterocycles. The molecule has 21 heavy (non-hydrogen) atoms. The third-order valence-corrected chi connectivity index (χ3v) is 3.66. The Morgan fingerprint density at radius 2 is 2.00 bits per heavy atom. The van der Waals surface area contributed by atoms with Gasteiger partial charge in [0.15, 0.2) is 0 Å². The zero-order valence-electron chi connectivity index (χ0n) is 11.6. The second-order valence-electron chi connectivity index (χ2n) is 4.70. The van der Waals surface area contributed by atoms with Crippen LogP contribution in [0.25, 0.3) is 0 Å². The van der Waals surface area contributed by atoms with Gasteiger partial charge in [-0.05, 0) is 44.1 Å². The molecule has 1 saturated heterocycles. The van der Waals surface area contributed by atoms with Crippen LogP contribution in [-0.2, 0) is 9.53 Å². The molecule has 0 unspecified atom stereocenters. The summed E-state index contributed by atoms with van der Waals surface area (Å²) in [5, 5.41) is 6.31. The molecular weight excluding hydrogens is 315 g/mol. The van der Waals surface area contributed by atoms with E-state index >= 15 is 0 Å². The lowest BCUT2D eigenvalue weighted by molar-refractivity contribution is -0.120. The highest BCUT2D eigenvalue weighted by molar-refractivity contribution is 6.34. The lowest BCUT2D eigenvalue weighted by atomic mass is 9.97. The number of nitrogens with one attached hydrogen (secondary N) is 2. The van der Waals surface area contributed by atoms with E-state index in [9.17, 15) is 9.59 Å². The van der Waals surface area contributed by atoms with Crippen molar-refractivity contribution in [2.75, 3.05) is 25.5 Å². The largest absolute Gasteiger partial charge is 0.465 e. The van der Waals surface area contributed by atoms with Crippen LogP contribution in [0.3, 0.4) is 0 Å². The van der Waals surface area contributed by atoms with Crippen molar-refractivity contribution in [3.05, 3.63) is 28.8 Å². The van der Waals surface area contributed by atoms with Crippen LogP contribution in [0.2, 0.25) is 5.02 Å². The van der Waals surface area contributed by atoms with Crippen molar-refractivity contribution < 1.29 is 14.3 Å². The quantitative estimate of drug-likeness (QED) is 0.834. The Hall–Kier alpha value is -1.30. The molecule has 0 bridgehead atoms. The summed E-state index contributed by atoms with van der Waals surface area (Å²) >= 11 is 6.01. The van der Waals surface area contributed by atoms with Crippen molar-refractivity contribution in [1.82, 2.24) is 5.32 Å². The van der Waals surface area contributed by atoms with E-state index < -0.39 is 5.97 Å². The Morgan fingerprint density at radius 3 is 2.57 bits per heavy atom. The van der Waals surface area contributed by atoms with Gasteiger partial charge in [-0.2, -0.15) is 0 Å². The van der Waals surface area contributed by atoms with E-state index in [1.54, 1.807) is 18.2 Å². The Kier molecular flexibility index (Phi) is 6.95. The minimum Gasteiger partial charge on any atom is -0.465 e. The molecule has 1 aromatic carbocycles. The Labute approximate surface area is 134 Å². The maximum Gasteiger partial charge on any atom is 0.339 e. The van der Waals surface area contributed by atoms with Crippen LogP contribution in [0.5, 0.6) is 0 Å². The summed E-state index contributed by atoms with van der Waals surface area (Å²) in [4.78, 5) is 23.5. The van der Waals surface area contributed by atoms with Crippen LogP contribution in [0.4, 0.5) is 5.69 Å². The zero-order chi connectivity index (χ0) is 14.5. The SMILES string of the molecule is COC(=O)c1ccc(NC(=O)C2CCNCC2)cc1Cl.Cl. The number of benzene rings is 1. The van der Waals surface area contributed by atoms with E-state index in [0.29, 0.717) is 5.69 Å². The molecule has 1 heterocycles. The third kappa shape index (κ3) is 4.59. The predicted octanol–water partition coefficient (Wildman–Crippen LogP) is 2.49. The maximum absolute atomic E-state index is 12.1. The summed E-state index contributed by atoms with van der Waals surface area (Å²) in [5.41, 5.74) is 0.875. The molecule has 1 amide bonds. The molecule has 5 nitrogen and oxygen atoms in total. The minimum absolute atomic E-state index is 0. The molecule has 1 fully saturated rings. The van der Waals surface area contributed by atoms with Crippen molar-refractivity contribution in [1.29, 1.82) is 0 Å². The fourth-order valence-corrected chi connectivity index (χ4v) is 2.45. The first-order chi connectivity index (χ1) is 9.61. The van der Waals surface area contributed by atoms with Gasteiger partial charge in [0.1, 0.15) is 0 Å². The number of carbonyl (C=O) groups is 2. The van der Waals surface area contributed by atoms with E-state index in [1.807, 2.05) is 0 Å². The van der Waals surface area contributed by atoms with Crippen molar-refractivity contribution in [2.24, 2.45) is 5.92 Å². The van der Waals surface area contributed by atoms with Gasteiger partial charge in [0.05, 0.1) is 17.7 Å². The summed E-state index contributed by atoms with van der Waals surface area (Å²) in [5.74, 6) is -0.477. The van der Waals surface area contributed by atoms with Gasteiger partial charge < -0.3 is 15.4 Å². The number of anilines is 1. The van der Waals surface area contributed by atoms with Gasteiger partial charge in [0.2, 0.25) is 5.91 Å². The van der Waals surface area contributed by atoms with Crippen molar-refractivity contribution in [3.63, 3.8) is 0 Å².